The molecule has 0 saturated carbocycles. The van der Waals surface area contributed by atoms with Crippen LogP contribution in [0, 0.1) is 0 Å². The van der Waals surface area contributed by atoms with Crippen LogP contribution in [0.1, 0.15) is 37.3 Å². The number of ether oxygens (including phenoxy) is 3. The van der Waals surface area contributed by atoms with Gasteiger partial charge in [-0.1, -0.05) is 32.0 Å². The number of anilines is 1. The van der Waals surface area contributed by atoms with Gasteiger partial charge >= 0.3 is 5.97 Å². The minimum atomic E-state index is -0.609. The van der Waals surface area contributed by atoms with Crippen LogP contribution in [0.15, 0.2) is 48.5 Å². The normalized spacial score (nSPS) is 11.7. The van der Waals surface area contributed by atoms with E-state index in [9.17, 15) is 9.59 Å². The van der Waals surface area contributed by atoms with Crippen molar-refractivity contribution in [3.05, 3.63) is 59.7 Å². The summed E-state index contributed by atoms with van der Waals surface area (Å²) < 4.78 is 15.4. The molecule has 154 valence electrons. The van der Waals surface area contributed by atoms with Gasteiger partial charge < -0.3 is 19.5 Å². The summed E-state index contributed by atoms with van der Waals surface area (Å²) in [6.07, 6.45) is 3.89. The highest BCUT2D eigenvalue weighted by molar-refractivity contribution is 5.94. The first kappa shape index (κ1) is 22.0. The lowest BCUT2D eigenvalue weighted by Gasteiger charge is -2.10. The van der Waals surface area contributed by atoms with E-state index in [-0.39, 0.29) is 6.61 Å². The Morgan fingerprint density at radius 3 is 2.34 bits per heavy atom. The van der Waals surface area contributed by atoms with Crippen molar-refractivity contribution in [2.45, 2.75) is 26.2 Å². The second-order valence-electron chi connectivity index (χ2n) is 6.53. The Balaban J connectivity index is 1.84. The molecule has 29 heavy (non-hydrogen) atoms. The van der Waals surface area contributed by atoms with Crippen molar-refractivity contribution < 1.29 is 23.8 Å². The van der Waals surface area contributed by atoms with Gasteiger partial charge in [0.25, 0.3) is 5.91 Å². The molecule has 2 aromatic carbocycles. The number of rotatable bonds is 9. The van der Waals surface area contributed by atoms with Crippen LogP contribution in [0.25, 0.3) is 6.08 Å². The Hall–Kier alpha value is -3.28. The van der Waals surface area contributed by atoms with E-state index in [1.54, 1.807) is 31.4 Å². The van der Waals surface area contributed by atoms with Gasteiger partial charge in [0.15, 0.2) is 18.1 Å². The highest BCUT2D eigenvalue weighted by Gasteiger charge is 2.08. The number of carbonyl (C=O) groups is 2. The zero-order valence-corrected chi connectivity index (χ0v) is 17.2. The summed E-state index contributed by atoms with van der Waals surface area (Å²) in [5, 5.41) is 2.71. The average molecular weight is 397 g/mol. The molecule has 0 aliphatic rings. The molecule has 0 aliphatic carbocycles. The maximum atomic E-state index is 12.0. The summed E-state index contributed by atoms with van der Waals surface area (Å²) >= 11 is 0. The van der Waals surface area contributed by atoms with Gasteiger partial charge in [-0.3, -0.25) is 4.79 Å². The van der Waals surface area contributed by atoms with Crippen LogP contribution >= 0.6 is 0 Å². The zero-order valence-electron chi connectivity index (χ0n) is 17.2. The van der Waals surface area contributed by atoms with Crippen molar-refractivity contribution in [2.75, 3.05) is 26.1 Å². The smallest absolute Gasteiger partial charge is 0.331 e. The maximum absolute atomic E-state index is 12.0. The summed E-state index contributed by atoms with van der Waals surface area (Å²) in [7, 11) is 3.09. The highest BCUT2D eigenvalue weighted by atomic mass is 16.5. The Morgan fingerprint density at radius 1 is 1.03 bits per heavy atom. The zero-order chi connectivity index (χ0) is 21.2. The molecule has 2 aromatic rings. The SMILES string of the molecule is CCC(C)c1ccc(NC(=O)COC(=O)/C=C/c2ccc(OC)c(OC)c2)cc1. The van der Waals surface area contributed by atoms with Crippen molar-refractivity contribution >= 4 is 23.6 Å². The first-order valence-corrected chi connectivity index (χ1v) is 9.43. The quantitative estimate of drug-likeness (QED) is 0.501. The van der Waals surface area contributed by atoms with Crippen molar-refractivity contribution in [1.82, 2.24) is 0 Å². The molecule has 0 bridgehead atoms. The summed E-state index contributed by atoms with van der Waals surface area (Å²) in [6.45, 7) is 3.93. The number of benzene rings is 2. The van der Waals surface area contributed by atoms with E-state index in [0.29, 0.717) is 23.1 Å². The molecule has 1 amide bonds. The van der Waals surface area contributed by atoms with Gasteiger partial charge in [-0.25, -0.2) is 4.79 Å². The first-order valence-electron chi connectivity index (χ1n) is 9.43. The van der Waals surface area contributed by atoms with Gasteiger partial charge in [0.2, 0.25) is 0 Å². The lowest BCUT2D eigenvalue weighted by Crippen LogP contribution is -2.20. The Kier molecular flexibility index (Phi) is 8.27. The van der Waals surface area contributed by atoms with E-state index < -0.39 is 11.9 Å². The minimum Gasteiger partial charge on any atom is -0.493 e. The third kappa shape index (κ3) is 6.68. The molecule has 2 rings (SSSR count). The molecule has 1 unspecified atom stereocenters. The summed E-state index contributed by atoms with van der Waals surface area (Å²) in [6, 6.07) is 12.9. The van der Waals surface area contributed by atoms with Gasteiger partial charge in [-0.05, 0) is 53.8 Å². The largest absolute Gasteiger partial charge is 0.493 e. The number of carbonyl (C=O) groups excluding carboxylic acids is 2. The van der Waals surface area contributed by atoms with E-state index in [1.807, 2.05) is 24.3 Å². The molecule has 1 atom stereocenters. The van der Waals surface area contributed by atoms with E-state index in [4.69, 9.17) is 14.2 Å². The van der Waals surface area contributed by atoms with Crippen LogP contribution in [-0.2, 0) is 14.3 Å². The van der Waals surface area contributed by atoms with E-state index in [1.165, 1.54) is 18.7 Å². The van der Waals surface area contributed by atoms with Gasteiger partial charge in [0.1, 0.15) is 0 Å². The van der Waals surface area contributed by atoms with Gasteiger partial charge in [-0.2, -0.15) is 0 Å². The topological polar surface area (TPSA) is 73.9 Å². The van der Waals surface area contributed by atoms with E-state index >= 15 is 0 Å². The Morgan fingerprint density at radius 2 is 1.72 bits per heavy atom. The van der Waals surface area contributed by atoms with Crippen LogP contribution in [0.4, 0.5) is 5.69 Å². The summed E-state index contributed by atoms with van der Waals surface area (Å²) in [4.78, 5) is 23.8. The fraction of sp³-hybridized carbons (Fsp3) is 0.304. The van der Waals surface area contributed by atoms with Gasteiger partial charge in [0.05, 0.1) is 14.2 Å². The fourth-order valence-electron chi connectivity index (χ4n) is 2.63. The summed E-state index contributed by atoms with van der Waals surface area (Å²) in [5.41, 5.74) is 2.63. The summed E-state index contributed by atoms with van der Waals surface area (Å²) in [5.74, 6) is 0.622. The number of nitrogens with one attached hydrogen (secondary N) is 1. The van der Waals surface area contributed by atoms with Crippen LogP contribution < -0.4 is 14.8 Å². The van der Waals surface area contributed by atoms with Gasteiger partial charge in [0, 0.05) is 11.8 Å². The van der Waals surface area contributed by atoms with Crippen molar-refractivity contribution in [1.29, 1.82) is 0 Å². The molecular formula is C23H27NO5. The predicted molar refractivity (Wildman–Crippen MR) is 113 cm³/mol. The second-order valence-corrected chi connectivity index (χ2v) is 6.53. The van der Waals surface area contributed by atoms with Crippen molar-refractivity contribution in [3.63, 3.8) is 0 Å². The highest BCUT2D eigenvalue weighted by Crippen LogP contribution is 2.28. The monoisotopic (exact) mass is 397 g/mol. The molecule has 0 saturated heterocycles. The second kappa shape index (κ2) is 10.9. The number of hydrogen-bond acceptors (Lipinski definition) is 5. The molecule has 0 aromatic heterocycles. The Labute approximate surface area is 171 Å². The van der Waals surface area contributed by atoms with Crippen molar-refractivity contribution in [3.8, 4) is 11.5 Å². The number of methoxy groups -OCH3 is 2. The molecule has 0 aliphatic heterocycles. The molecule has 0 fully saturated rings. The molecule has 1 N–H and O–H groups in total. The van der Waals surface area contributed by atoms with Crippen molar-refractivity contribution in [2.24, 2.45) is 0 Å². The predicted octanol–water partition coefficient (Wildman–Crippen LogP) is 4.41. The van der Waals surface area contributed by atoms with Gasteiger partial charge in [-0.15, -0.1) is 0 Å². The lowest BCUT2D eigenvalue weighted by molar-refractivity contribution is -0.142. The first-order chi connectivity index (χ1) is 14.0. The molecule has 0 radical (unpaired) electrons. The van der Waals surface area contributed by atoms with Crippen LogP contribution in [0.5, 0.6) is 11.5 Å². The Bertz CT molecular complexity index is 858. The standard InChI is InChI=1S/C23H27NO5/c1-5-16(2)18-8-10-19(11-9-18)24-22(25)15-29-23(26)13-7-17-6-12-20(27-3)21(14-17)28-4/h6-14,16H,5,15H2,1-4H3,(H,24,25)/b13-7+. The lowest BCUT2D eigenvalue weighted by atomic mass is 9.99. The third-order valence-electron chi connectivity index (χ3n) is 4.54. The minimum absolute atomic E-state index is 0.359. The molecular weight excluding hydrogens is 370 g/mol. The number of amides is 1. The van der Waals surface area contributed by atoms with Crippen LogP contribution in [0.2, 0.25) is 0 Å². The molecule has 0 spiro atoms. The maximum Gasteiger partial charge on any atom is 0.331 e. The molecule has 6 nitrogen and oxygen atoms in total. The molecule has 0 heterocycles. The van der Waals surface area contributed by atoms with E-state index in [0.717, 1.165) is 12.0 Å². The van der Waals surface area contributed by atoms with Crippen LogP contribution in [0.3, 0.4) is 0 Å². The number of esters is 1. The van der Waals surface area contributed by atoms with Crippen LogP contribution in [-0.4, -0.2) is 32.7 Å². The molecule has 6 heteroatoms. The third-order valence-corrected chi connectivity index (χ3v) is 4.54. The average Bonchev–Trinajstić information content (AvgIpc) is 2.75. The fourth-order valence-corrected chi connectivity index (χ4v) is 2.63. The van der Waals surface area contributed by atoms with E-state index in [2.05, 4.69) is 19.2 Å². The number of hydrogen-bond donors (Lipinski definition) is 1.